The molecule has 0 aliphatic carbocycles. The summed E-state index contributed by atoms with van der Waals surface area (Å²) in [6.45, 7) is 6.80. The highest BCUT2D eigenvalue weighted by molar-refractivity contribution is 7.12. The first kappa shape index (κ1) is 13.7. The molecule has 106 valence electrons. The number of anilines is 1. The molecule has 3 rings (SSSR count). The second-order valence-corrected chi connectivity index (χ2v) is 6.98. The largest absolute Gasteiger partial charge is 0.377 e. The monoisotopic (exact) mass is 285 g/mol. The molecule has 1 aromatic heterocycles. The zero-order chi connectivity index (χ0) is 14.1. The van der Waals surface area contributed by atoms with Crippen molar-refractivity contribution in [3.8, 4) is 0 Å². The Morgan fingerprint density at radius 1 is 1.25 bits per heavy atom. The van der Waals surface area contributed by atoms with E-state index >= 15 is 0 Å². The Hall–Kier alpha value is -1.28. The van der Waals surface area contributed by atoms with Crippen LogP contribution in [-0.2, 0) is 12.8 Å². The third kappa shape index (κ3) is 2.49. The van der Waals surface area contributed by atoms with Crippen molar-refractivity contribution in [1.82, 2.24) is 0 Å². The standard InChI is InChI=1S/C18H23NS/c1-4-12(3)13-6-8-16-14(10-13)11-17(19-16)18-9-7-15(5-2)20-18/h6-10,12,17,19H,4-5,11H2,1-3H3. The maximum Gasteiger partial charge on any atom is 0.0647 e. The highest BCUT2D eigenvalue weighted by Crippen LogP contribution is 2.38. The Morgan fingerprint density at radius 2 is 2.10 bits per heavy atom. The van der Waals surface area contributed by atoms with Crippen LogP contribution in [0.25, 0.3) is 0 Å². The fraction of sp³-hybridized carbons (Fsp3) is 0.444. The molecule has 1 nitrogen and oxygen atoms in total. The minimum absolute atomic E-state index is 0.475. The Bertz CT molecular complexity index is 599. The molecule has 0 spiro atoms. The van der Waals surface area contributed by atoms with Gasteiger partial charge in [-0.25, -0.2) is 0 Å². The highest BCUT2D eigenvalue weighted by Gasteiger charge is 2.23. The maximum atomic E-state index is 3.68. The molecular formula is C18H23NS. The number of rotatable bonds is 4. The van der Waals surface area contributed by atoms with Crippen LogP contribution in [0, 0.1) is 0 Å². The van der Waals surface area contributed by atoms with Gasteiger partial charge in [-0.1, -0.05) is 32.9 Å². The first-order valence-electron chi connectivity index (χ1n) is 7.69. The summed E-state index contributed by atoms with van der Waals surface area (Å²) in [6, 6.07) is 12.0. The third-order valence-corrected chi connectivity index (χ3v) is 5.78. The molecule has 1 N–H and O–H groups in total. The molecule has 1 aliphatic heterocycles. The van der Waals surface area contributed by atoms with E-state index in [1.807, 2.05) is 11.3 Å². The van der Waals surface area contributed by atoms with E-state index in [1.165, 1.54) is 33.0 Å². The minimum atomic E-state index is 0.475. The van der Waals surface area contributed by atoms with Crippen molar-refractivity contribution in [2.75, 3.05) is 5.32 Å². The van der Waals surface area contributed by atoms with E-state index in [-0.39, 0.29) is 0 Å². The van der Waals surface area contributed by atoms with Crippen molar-refractivity contribution in [2.45, 2.75) is 52.0 Å². The fourth-order valence-corrected chi connectivity index (χ4v) is 3.87. The van der Waals surface area contributed by atoms with Crippen molar-refractivity contribution in [1.29, 1.82) is 0 Å². The van der Waals surface area contributed by atoms with Crippen LogP contribution in [-0.4, -0.2) is 0 Å². The molecule has 0 saturated carbocycles. The SMILES string of the molecule is CCc1ccc(C2Cc3cc(C(C)CC)ccc3N2)s1. The number of thiophene rings is 1. The maximum absolute atomic E-state index is 3.68. The lowest BCUT2D eigenvalue weighted by atomic mass is 9.95. The highest BCUT2D eigenvalue weighted by atomic mass is 32.1. The van der Waals surface area contributed by atoms with E-state index in [4.69, 9.17) is 0 Å². The molecule has 2 atom stereocenters. The minimum Gasteiger partial charge on any atom is -0.377 e. The average molecular weight is 285 g/mol. The summed E-state index contributed by atoms with van der Waals surface area (Å²) in [6.07, 6.45) is 3.48. The molecule has 0 amide bonds. The summed E-state index contributed by atoms with van der Waals surface area (Å²) in [4.78, 5) is 2.96. The Morgan fingerprint density at radius 3 is 2.80 bits per heavy atom. The lowest BCUT2D eigenvalue weighted by molar-refractivity contribution is 0.732. The number of aryl methyl sites for hydroxylation is 1. The average Bonchev–Trinajstić information content (AvgIpc) is 3.11. The molecule has 0 fully saturated rings. The number of fused-ring (bicyclic) bond motifs is 1. The molecular weight excluding hydrogens is 262 g/mol. The molecule has 0 radical (unpaired) electrons. The van der Waals surface area contributed by atoms with Crippen molar-refractivity contribution < 1.29 is 0 Å². The number of nitrogens with one attached hydrogen (secondary N) is 1. The van der Waals surface area contributed by atoms with Crippen LogP contribution in [0.1, 0.15) is 60.0 Å². The van der Waals surface area contributed by atoms with Gasteiger partial charge >= 0.3 is 0 Å². The Kier molecular flexibility index (Phi) is 3.84. The van der Waals surface area contributed by atoms with Crippen LogP contribution in [0.5, 0.6) is 0 Å². The molecule has 0 bridgehead atoms. The van der Waals surface area contributed by atoms with Gasteiger partial charge in [-0.2, -0.15) is 0 Å². The number of hydrogen-bond donors (Lipinski definition) is 1. The van der Waals surface area contributed by atoms with E-state index in [0.717, 1.165) is 12.8 Å². The summed E-state index contributed by atoms with van der Waals surface area (Å²) < 4.78 is 0. The molecule has 1 aliphatic rings. The van der Waals surface area contributed by atoms with Crippen LogP contribution >= 0.6 is 11.3 Å². The molecule has 0 saturated heterocycles. The van der Waals surface area contributed by atoms with Crippen LogP contribution in [0.15, 0.2) is 30.3 Å². The third-order valence-electron chi connectivity index (χ3n) is 4.44. The van der Waals surface area contributed by atoms with Gasteiger partial charge in [-0.3, -0.25) is 0 Å². The van der Waals surface area contributed by atoms with Crippen LogP contribution in [0.4, 0.5) is 5.69 Å². The smallest absolute Gasteiger partial charge is 0.0647 e. The Labute approximate surface area is 126 Å². The van der Waals surface area contributed by atoms with Crippen LogP contribution in [0.3, 0.4) is 0 Å². The number of benzene rings is 1. The normalized spacial score (nSPS) is 18.6. The molecule has 20 heavy (non-hydrogen) atoms. The summed E-state index contributed by atoms with van der Waals surface area (Å²) in [5.74, 6) is 0.660. The van der Waals surface area contributed by atoms with E-state index in [1.54, 1.807) is 0 Å². The lowest BCUT2D eigenvalue weighted by Crippen LogP contribution is -2.02. The van der Waals surface area contributed by atoms with Crippen molar-refractivity contribution >= 4 is 17.0 Å². The van der Waals surface area contributed by atoms with Crippen molar-refractivity contribution in [2.24, 2.45) is 0 Å². The van der Waals surface area contributed by atoms with E-state index in [2.05, 4.69) is 56.4 Å². The van der Waals surface area contributed by atoms with Crippen molar-refractivity contribution in [3.63, 3.8) is 0 Å². The molecule has 2 aromatic rings. The van der Waals surface area contributed by atoms with Gasteiger partial charge in [0.05, 0.1) is 6.04 Å². The topological polar surface area (TPSA) is 12.0 Å². The molecule has 2 heteroatoms. The van der Waals surface area contributed by atoms with Gasteiger partial charge < -0.3 is 5.32 Å². The second-order valence-electron chi connectivity index (χ2n) is 5.78. The summed E-state index contributed by atoms with van der Waals surface area (Å²) >= 11 is 1.95. The van der Waals surface area contributed by atoms with Gasteiger partial charge in [-0.05, 0) is 54.5 Å². The first-order valence-corrected chi connectivity index (χ1v) is 8.50. The fourth-order valence-electron chi connectivity index (χ4n) is 2.87. The van der Waals surface area contributed by atoms with E-state index in [0.29, 0.717) is 12.0 Å². The van der Waals surface area contributed by atoms with E-state index < -0.39 is 0 Å². The van der Waals surface area contributed by atoms with Gasteiger partial charge in [-0.15, -0.1) is 11.3 Å². The molecule has 2 unspecified atom stereocenters. The predicted octanol–water partition coefficient (Wildman–Crippen LogP) is 5.53. The van der Waals surface area contributed by atoms with Gasteiger partial charge in [0.1, 0.15) is 0 Å². The van der Waals surface area contributed by atoms with Gasteiger partial charge in [0, 0.05) is 15.4 Å². The second kappa shape index (κ2) is 5.61. The Balaban J connectivity index is 1.81. The van der Waals surface area contributed by atoms with Crippen LogP contribution in [0.2, 0.25) is 0 Å². The van der Waals surface area contributed by atoms with Gasteiger partial charge in [0.2, 0.25) is 0 Å². The lowest BCUT2D eigenvalue weighted by Gasteiger charge is -2.10. The zero-order valence-corrected chi connectivity index (χ0v) is 13.4. The van der Waals surface area contributed by atoms with Crippen LogP contribution < -0.4 is 5.32 Å². The molecule has 1 aromatic carbocycles. The summed E-state index contributed by atoms with van der Waals surface area (Å²) in [5, 5.41) is 3.68. The zero-order valence-electron chi connectivity index (χ0n) is 12.6. The van der Waals surface area contributed by atoms with Crippen molar-refractivity contribution in [3.05, 3.63) is 51.2 Å². The summed E-state index contributed by atoms with van der Waals surface area (Å²) in [7, 11) is 0. The van der Waals surface area contributed by atoms with Gasteiger partial charge in [0.15, 0.2) is 0 Å². The quantitative estimate of drug-likeness (QED) is 0.778. The number of hydrogen-bond acceptors (Lipinski definition) is 2. The molecule has 2 heterocycles. The van der Waals surface area contributed by atoms with Gasteiger partial charge in [0.25, 0.3) is 0 Å². The first-order chi connectivity index (χ1) is 9.71. The predicted molar refractivity (Wildman–Crippen MR) is 88.9 cm³/mol. The summed E-state index contributed by atoms with van der Waals surface area (Å²) in [5.41, 5.74) is 4.29. The van der Waals surface area contributed by atoms with E-state index in [9.17, 15) is 0 Å².